The Labute approximate surface area is 257 Å². The predicted molar refractivity (Wildman–Crippen MR) is 153 cm³/mol. The van der Waals surface area contributed by atoms with E-state index in [-0.39, 0.29) is 49.7 Å². The number of benzene rings is 1. The molecule has 5 rings (SSSR count). The number of amides is 3. The maximum atomic E-state index is 14.2. The minimum absolute atomic E-state index is 0.00285. The summed E-state index contributed by atoms with van der Waals surface area (Å²) in [4.78, 5) is 69.8. The zero-order valence-electron chi connectivity index (χ0n) is 25.2. The van der Waals surface area contributed by atoms with Crippen LogP contribution in [-0.4, -0.2) is 90.4 Å². The molecule has 0 bridgehead atoms. The minimum Gasteiger partial charge on any atom is -0.451 e. The second-order valence-corrected chi connectivity index (χ2v) is 11.7. The fourth-order valence-electron chi connectivity index (χ4n) is 5.85. The van der Waals surface area contributed by atoms with Gasteiger partial charge in [-0.1, -0.05) is 6.07 Å². The number of halogens is 2. The molecular formula is C30H35F2N5O8. The van der Waals surface area contributed by atoms with Gasteiger partial charge in [0.2, 0.25) is 23.9 Å². The van der Waals surface area contributed by atoms with Crippen LogP contribution in [0.2, 0.25) is 0 Å². The number of nitrogens with one attached hydrogen (secondary N) is 2. The first kappa shape index (κ1) is 32.0. The van der Waals surface area contributed by atoms with Gasteiger partial charge in [-0.25, -0.2) is 8.78 Å². The van der Waals surface area contributed by atoms with Crippen LogP contribution < -0.4 is 20.8 Å². The summed E-state index contributed by atoms with van der Waals surface area (Å²) >= 11 is 0. The molecule has 1 aromatic heterocycles. The van der Waals surface area contributed by atoms with Crippen molar-refractivity contribution < 1.29 is 42.2 Å². The van der Waals surface area contributed by atoms with Crippen LogP contribution in [0.1, 0.15) is 53.1 Å². The molecule has 13 nitrogen and oxygen atoms in total. The second-order valence-electron chi connectivity index (χ2n) is 11.7. The number of rotatable bonds is 11. The number of pyridine rings is 1. The molecule has 0 aliphatic carbocycles. The van der Waals surface area contributed by atoms with Crippen LogP contribution in [0.4, 0.5) is 8.78 Å². The van der Waals surface area contributed by atoms with Crippen molar-refractivity contribution in [2.24, 2.45) is 5.41 Å². The topological polar surface area (TPSA) is 149 Å². The van der Waals surface area contributed by atoms with Gasteiger partial charge >= 0.3 is 5.97 Å². The highest BCUT2D eigenvalue weighted by atomic mass is 19.1. The number of fused-ring (bicyclic) bond motifs is 4. The molecule has 0 unspecified atom stereocenters. The van der Waals surface area contributed by atoms with E-state index in [1.165, 1.54) is 37.8 Å². The van der Waals surface area contributed by atoms with E-state index in [4.69, 9.17) is 14.2 Å². The highest BCUT2D eigenvalue weighted by Crippen LogP contribution is 2.35. The Morgan fingerprint density at radius 1 is 1.11 bits per heavy atom. The molecule has 0 saturated carbocycles. The van der Waals surface area contributed by atoms with E-state index in [1.54, 1.807) is 4.90 Å². The second kappa shape index (κ2) is 12.9. The zero-order chi connectivity index (χ0) is 32.5. The molecule has 0 spiro atoms. The van der Waals surface area contributed by atoms with E-state index < -0.39 is 64.3 Å². The Morgan fingerprint density at radius 2 is 1.89 bits per heavy atom. The lowest BCUT2D eigenvalue weighted by Gasteiger charge is -2.36. The first-order valence-corrected chi connectivity index (χ1v) is 14.6. The lowest BCUT2D eigenvalue weighted by molar-refractivity contribution is -0.164. The Hall–Kier alpha value is -4.37. The Balaban J connectivity index is 1.40. The smallest absolute Gasteiger partial charge is 0.323 e. The summed E-state index contributed by atoms with van der Waals surface area (Å²) in [7, 11) is 1.46. The zero-order valence-corrected chi connectivity index (χ0v) is 25.2. The summed E-state index contributed by atoms with van der Waals surface area (Å²) < 4.78 is 44.6. The van der Waals surface area contributed by atoms with Crippen molar-refractivity contribution in [1.82, 2.24) is 25.0 Å². The van der Waals surface area contributed by atoms with Crippen molar-refractivity contribution in [2.45, 2.75) is 52.0 Å². The van der Waals surface area contributed by atoms with Crippen LogP contribution in [0.25, 0.3) is 0 Å². The van der Waals surface area contributed by atoms with Crippen molar-refractivity contribution >= 4 is 23.7 Å². The fourth-order valence-corrected chi connectivity index (χ4v) is 5.85. The molecule has 4 heterocycles. The lowest BCUT2D eigenvalue weighted by atomic mass is 9.92. The van der Waals surface area contributed by atoms with Gasteiger partial charge in [0.15, 0.2) is 5.69 Å². The van der Waals surface area contributed by atoms with Gasteiger partial charge < -0.3 is 34.3 Å². The van der Waals surface area contributed by atoms with Crippen LogP contribution in [0.5, 0.6) is 5.75 Å². The highest BCUT2D eigenvalue weighted by molar-refractivity contribution is 6.02. The van der Waals surface area contributed by atoms with Gasteiger partial charge in [0.1, 0.15) is 28.8 Å². The summed E-state index contributed by atoms with van der Waals surface area (Å²) in [5.41, 5.74) is -3.06. The third-order valence-electron chi connectivity index (χ3n) is 8.40. The molecule has 15 heteroatoms. The van der Waals surface area contributed by atoms with Crippen LogP contribution in [-0.2, 0) is 32.2 Å². The van der Waals surface area contributed by atoms with Crippen LogP contribution in [0.15, 0.2) is 29.2 Å². The molecule has 2 N–H and O–H groups in total. The van der Waals surface area contributed by atoms with E-state index >= 15 is 0 Å². The summed E-state index contributed by atoms with van der Waals surface area (Å²) in [5.74, 6) is -5.07. The van der Waals surface area contributed by atoms with Gasteiger partial charge in [0.05, 0.1) is 13.2 Å². The maximum absolute atomic E-state index is 14.2. The number of ether oxygens (including phenoxy) is 3. The van der Waals surface area contributed by atoms with Crippen molar-refractivity contribution in [3.8, 4) is 5.75 Å². The van der Waals surface area contributed by atoms with Gasteiger partial charge in [-0.3, -0.25) is 28.9 Å². The van der Waals surface area contributed by atoms with Gasteiger partial charge in [-0.15, -0.1) is 0 Å². The number of aromatic nitrogens is 1. The van der Waals surface area contributed by atoms with Gasteiger partial charge in [-0.2, -0.15) is 0 Å². The summed E-state index contributed by atoms with van der Waals surface area (Å²) in [6.45, 7) is 3.48. The monoisotopic (exact) mass is 631 g/mol. The van der Waals surface area contributed by atoms with Crippen LogP contribution in [0, 0.1) is 17.0 Å². The SMILES string of the molecule is COCCNC(=O)C(C)(C)C(=O)OCOc1c2n(cc(C(=O)NCc3ccc(F)cc3F)c1=O)C[C@@H]1N(C[C@H]3CCCN31)C2=O. The number of hydrogen-bond acceptors (Lipinski definition) is 9. The summed E-state index contributed by atoms with van der Waals surface area (Å²) in [5, 5.41) is 5.01. The van der Waals surface area contributed by atoms with Crippen LogP contribution in [0.3, 0.4) is 0 Å². The molecule has 1 aromatic carbocycles. The molecule has 0 radical (unpaired) electrons. The molecule has 3 aliphatic rings. The molecule has 2 saturated heterocycles. The fraction of sp³-hybridized carbons (Fsp3) is 0.500. The predicted octanol–water partition coefficient (Wildman–Crippen LogP) is 0.985. The molecule has 2 aromatic rings. The van der Waals surface area contributed by atoms with E-state index in [0.717, 1.165) is 25.5 Å². The molecule has 242 valence electrons. The summed E-state index contributed by atoms with van der Waals surface area (Å²) in [6, 6.07) is 3.07. The number of methoxy groups -OCH3 is 1. The normalized spacial score (nSPS) is 19.0. The molecular weight excluding hydrogens is 596 g/mol. The molecule has 3 amide bonds. The lowest BCUT2D eigenvalue weighted by Crippen LogP contribution is -2.51. The van der Waals surface area contributed by atoms with Gasteiger partial charge in [-0.05, 0) is 32.8 Å². The highest BCUT2D eigenvalue weighted by Gasteiger charge is 2.48. The summed E-state index contributed by atoms with van der Waals surface area (Å²) in [6.07, 6.45) is 2.90. The molecule has 2 atom stereocenters. The van der Waals surface area contributed by atoms with E-state index in [0.29, 0.717) is 12.6 Å². The van der Waals surface area contributed by atoms with Gasteiger partial charge in [0, 0.05) is 57.2 Å². The van der Waals surface area contributed by atoms with Crippen molar-refractivity contribution in [2.75, 3.05) is 40.1 Å². The average molecular weight is 632 g/mol. The third-order valence-corrected chi connectivity index (χ3v) is 8.40. The van der Waals surface area contributed by atoms with Crippen molar-refractivity contribution in [3.05, 3.63) is 63.1 Å². The first-order valence-electron chi connectivity index (χ1n) is 14.6. The van der Waals surface area contributed by atoms with E-state index in [9.17, 15) is 32.8 Å². The first-order chi connectivity index (χ1) is 21.4. The van der Waals surface area contributed by atoms with Crippen molar-refractivity contribution in [1.29, 1.82) is 0 Å². The average Bonchev–Trinajstić information content (AvgIpc) is 3.60. The van der Waals surface area contributed by atoms with Gasteiger partial charge in [0.25, 0.3) is 11.8 Å². The van der Waals surface area contributed by atoms with E-state index in [1.807, 2.05) is 0 Å². The quantitative estimate of drug-likeness (QED) is 0.160. The maximum Gasteiger partial charge on any atom is 0.323 e. The Morgan fingerprint density at radius 3 is 2.62 bits per heavy atom. The van der Waals surface area contributed by atoms with Crippen molar-refractivity contribution in [3.63, 3.8) is 0 Å². The minimum atomic E-state index is -1.62. The largest absolute Gasteiger partial charge is 0.451 e. The van der Waals surface area contributed by atoms with E-state index in [2.05, 4.69) is 15.5 Å². The number of hydrogen-bond donors (Lipinski definition) is 2. The Kier molecular flexibility index (Phi) is 9.20. The number of nitrogens with zero attached hydrogens (tertiary/aromatic N) is 3. The third kappa shape index (κ3) is 6.27. The number of carbonyl (C=O) groups excluding carboxylic acids is 4. The number of esters is 1. The Bertz CT molecular complexity index is 1580. The molecule has 2 fully saturated rings. The standard InChI is InChI=1S/C30H35F2N5O8/c1-30(2,28(41)33-8-10-43-3)29(42)45-16-44-25-23-27(40)37-13-19-5-4-9-36(19)22(37)15-35(23)14-20(24(25)38)26(39)34-12-17-6-7-18(31)11-21(17)32/h6-7,11,14,19,22H,4-5,8-10,12-13,15-16H2,1-3H3,(H,33,41)(H,34,39)/t19-,22+/m1/s1. The molecule has 45 heavy (non-hydrogen) atoms. The van der Waals surface area contributed by atoms with Crippen LogP contribution >= 0.6 is 0 Å². The number of carbonyl (C=O) groups is 4. The molecule has 3 aliphatic heterocycles.